The van der Waals surface area contributed by atoms with Gasteiger partial charge in [0.25, 0.3) is 12.4 Å². The minimum Gasteiger partial charge on any atom is -0.461 e. The lowest BCUT2D eigenvalue weighted by molar-refractivity contribution is -0.298. The van der Waals surface area contributed by atoms with Crippen LogP contribution in [0.3, 0.4) is 0 Å². The summed E-state index contributed by atoms with van der Waals surface area (Å²) in [7, 11) is 0. The SMILES string of the molecule is C[C@H]1CCCN1C(=O)c1nc(-c2noc(CC(C)(C)OC=O)n2)sc1-c1cnc(C(C)(C(F)(F)F)C(F)(F)F)cc1C(F)(F)F. The topological polar surface area (TPSA) is 111 Å². The number of ether oxygens (including phenoxy) is 1. The van der Waals surface area contributed by atoms with Crippen LogP contribution in [0.1, 0.15) is 68.2 Å². The lowest BCUT2D eigenvalue weighted by atomic mass is 9.83. The van der Waals surface area contributed by atoms with Gasteiger partial charge in [0.1, 0.15) is 11.3 Å². The molecule has 1 fully saturated rings. The molecule has 246 valence electrons. The van der Waals surface area contributed by atoms with Crippen LogP contribution in [-0.2, 0) is 27.5 Å². The Kier molecular flexibility index (Phi) is 8.75. The molecule has 4 rings (SSSR count). The Labute approximate surface area is 252 Å². The molecule has 0 aliphatic carbocycles. The van der Waals surface area contributed by atoms with Crippen LogP contribution in [0.25, 0.3) is 21.3 Å². The zero-order chi connectivity index (χ0) is 33.8. The molecular weight excluding hydrogens is 649 g/mol. The number of alkyl halides is 9. The van der Waals surface area contributed by atoms with E-state index in [1.807, 2.05) is 0 Å². The molecule has 1 aliphatic heterocycles. The van der Waals surface area contributed by atoms with E-state index in [1.165, 1.54) is 18.7 Å². The molecule has 19 heteroatoms. The summed E-state index contributed by atoms with van der Waals surface area (Å²) in [4.78, 5) is 36.6. The van der Waals surface area contributed by atoms with E-state index < -0.39 is 62.8 Å². The van der Waals surface area contributed by atoms with Crippen LogP contribution in [0.5, 0.6) is 0 Å². The maximum absolute atomic E-state index is 14.4. The first-order valence-electron chi connectivity index (χ1n) is 13.1. The van der Waals surface area contributed by atoms with Gasteiger partial charge in [0.2, 0.25) is 11.7 Å². The fourth-order valence-electron chi connectivity index (χ4n) is 4.66. The van der Waals surface area contributed by atoms with Crippen molar-refractivity contribution in [2.75, 3.05) is 6.54 Å². The quantitative estimate of drug-likeness (QED) is 0.190. The molecule has 45 heavy (non-hydrogen) atoms. The zero-order valence-electron chi connectivity index (χ0n) is 23.8. The minimum absolute atomic E-state index is 0.0739. The van der Waals surface area contributed by atoms with E-state index in [0.717, 1.165) is 0 Å². The molecule has 1 saturated heterocycles. The Bertz CT molecular complexity index is 1570. The average molecular weight is 674 g/mol. The van der Waals surface area contributed by atoms with E-state index in [9.17, 15) is 49.1 Å². The molecule has 3 aromatic rings. The lowest BCUT2D eigenvalue weighted by Gasteiger charge is -2.33. The molecule has 1 amide bonds. The molecule has 0 unspecified atom stereocenters. The second kappa shape index (κ2) is 11.5. The summed E-state index contributed by atoms with van der Waals surface area (Å²) in [5.74, 6) is -1.18. The minimum atomic E-state index is -6.06. The second-order valence-electron chi connectivity index (χ2n) is 11.1. The Morgan fingerprint density at radius 1 is 1.09 bits per heavy atom. The number of amides is 1. The van der Waals surface area contributed by atoms with Crippen molar-refractivity contribution < 1.29 is 58.4 Å². The van der Waals surface area contributed by atoms with Crippen LogP contribution >= 0.6 is 11.3 Å². The van der Waals surface area contributed by atoms with Crippen molar-refractivity contribution in [3.8, 4) is 21.3 Å². The molecule has 0 aromatic carbocycles. The molecule has 1 aliphatic rings. The first-order valence-corrected chi connectivity index (χ1v) is 13.9. The number of carbonyl (C=O) groups is 2. The van der Waals surface area contributed by atoms with Gasteiger partial charge >= 0.3 is 18.5 Å². The average Bonchev–Trinajstić information content (AvgIpc) is 3.65. The van der Waals surface area contributed by atoms with E-state index in [0.29, 0.717) is 24.2 Å². The van der Waals surface area contributed by atoms with Crippen molar-refractivity contribution in [2.45, 2.75) is 82.5 Å². The third-order valence-corrected chi connectivity index (χ3v) is 8.43. The summed E-state index contributed by atoms with van der Waals surface area (Å²) < 4.78 is 135. The first kappa shape index (κ1) is 34.1. The monoisotopic (exact) mass is 673 g/mol. The van der Waals surface area contributed by atoms with Gasteiger partial charge < -0.3 is 14.2 Å². The highest BCUT2D eigenvalue weighted by molar-refractivity contribution is 7.18. The lowest BCUT2D eigenvalue weighted by Crippen LogP contribution is -2.52. The van der Waals surface area contributed by atoms with E-state index >= 15 is 0 Å². The van der Waals surface area contributed by atoms with Gasteiger partial charge in [0.15, 0.2) is 10.4 Å². The third kappa shape index (κ3) is 6.48. The van der Waals surface area contributed by atoms with Gasteiger partial charge in [-0.15, -0.1) is 11.3 Å². The molecule has 0 radical (unpaired) electrons. The Morgan fingerprint density at radius 2 is 1.73 bits per heavy atom. The summed E-state index contributed by atoms with van der Waals surface area (Å²) in [6.45, 7) is 4.86. The van der Waals surface area contributed by atoms with Gasteiger partial charge in [-0.3, -0.25) is 14.6 Å². The molecule has 0 saturated carbocycles. The predicted octanol–water partition coefficient (Wildman–Crippen LogP) is 6.77. The van der Waals surface area contributed by atoms with Gasteiger partial charge in [0, 0.05) is 24.3 Å². The van der Waals surface area contributed by atoms with Crippen molar-refractivity contribution in [1.82, 2.24) is 25.0 Å². The van der Waals surface area contributed by atoms with E-state index in [4.69, 9.17) is 9.26 Å². The fourth-order valence-corrected chi connectivity index (χ4v) is 5.67. The normalized spacial score (nSPS) is 16.7. The van der Waals surface area contributed by atoms with Crippen molar-refractivity contribution >= 4 is 23.7 Å². The molecule has 0 N–H and O–H groups in total. The van der Waals surface area contributed by atoms with Crippen molar-refractivity contribution in [3.63, 3.8) is 0 Å². The van der Waals surface area contributed by atoms with Crippen LogP contribution in [0.2, 0.25) is 0 Å². The Hall–Kier alpha value is -3.77. The summed E-state index contributed by atoms with van der Waals surface area (Å²) in [6.07, 6.45) is -16.3. The molecule has 0 spiro atoms. The van der Waals surface area contributed by atoms with Gasteiger partial charge in [-0.25, -0.2) is 4.98 Å². The third-order valence-electron chi connectivity index (χ3n) is 7.35. The summed E-state index contributed by atoms with van der Waals surface area (Å²) >= 11 is 0.435. The predicted molar refractivity (Wildman–Crippen MR) is 138 cm³/mol. The fraction of sp³-hybridized carbons (Fsp3) is 0.538. The highest BCUT2D eigenvalue weighted by atomic mass is 32.1. The Morgan fingerprint density at radius 3 is 2.27 bits per heavy atom. The number of likely N-dealkylation sites (tertiary alicyclic amines) is 1. The number of hydrogen-bond acceptors (Lipinski definition) is 9. The second-order valence-corrected chi connectivity index (χ2v) is 12.1. The number of pyridine rings is 1. The zero-order valence-corrected chi connectivity index (χ0v) is 24.6. The standard InChI is InChI=1S/C26H24F9N5O4S/c1-12-6-5-7-40(12)21(42)17-18(45-20(38-17)19-37-16(44-39-19)9-22(2,3)43-11-41)13-10-36-15(8-14(13)24(27,28)29)23(4,25(30,31)32)26(33,34)35/h8,10-12H,5-7,9H2,1-4H3/t12-/m0/s1. The number of halogens is 9. The van der Waals surface area contributed by atoms with Crippen LogP contribution in [0.4, 0.5) is 39.5 Å². The molecule has 0 bridgehead atoms. The first-order chi connectivity index (χ1) is 20.6. The summed E-state index contributed by atoms with van der Waals surface area (Å²) in [5.41, 5.74) is -11.2. The summed E-state index contributed by atoms with van der Waals surface area (Å²) in [6, 6.07) is -0.654. The number of carbonyl (C=O) groups excluding carboxylic acids is 2. The van der Waals surface area contributed by atoms with Gasteiger partial charge in [-0.05, 0) is 46.6 Å². The maximum atomic E-state index is 14.4. The Balaban J connectivity index is 1.92. The molecule has 4 heterocycles. The van der Waals surface area contributed by atoms with Crippen molar-refractivity contribution in [1.29, 1.82) is 0 Å². The van der Waals surface area contributed by atoms with Crippen LogP contribution < -0.4 is 0 Å². The van der Waals surface area contributed by atoms with Gasteiger partial charge in [-0.1, -0.05) is 5.16 Å². The smallest absolute Gasteiger partial charge is 0.417 e. The number of aromatic nitrogens is 4. The molecule has 1 atom stereocenters. The number of hydrogen-bond donors (Lipinski definition) is 0. The van der Waals surface area contributed by atoms with Crippen LogP contribution in [0.15, 0.2) is 16.8 Å². The number of nitrogens with zero attached hydrogens (tertiary/aromatic N) is 5. The van der Waals surface area contributed by atoms with Gasteiger partial charge in [-0.2, -0.15) is 44.5 Å². The number of rotatable bonds is 8. The maximum Gasteiger partial charge on any atom is 0.417 e. The molecule has 3 aromatic heterocycles. The van der Waals surface area contributed by atoms with E-state index in [2.05, 4.69) is 20.1 Å². The van der Waals surface area contributed by atoms with Crippen molar-refractivity contribution in [2.24, 2.45) is 0 Å². The van der Waals surface area contributed by atoms with Crippen LogP contribution in [-0.4, -0.2) is 67.9 Å². The molecule has 9 nitrogen and oxygen atoms in total. The van der Waals surface area contributed by atoms with Crippen molar-refractivity contribution in [3.05, 3.63) is 35.1 Å². The molecular formula is C26H24F9N5O4S. The highest BCUT2D eigenvalue weighted by Gasteiger charge is 2.69. The summed E-state index contributed by atoms with van der Waals surface area (Å²) in [5, 5.41) is 3.49. The van der Waals surface area contributed by atoms with Gasteiger partial charge in [0.05, 0.1) is 22.6 Å². The van der Waals surface area contributed by atoms with E-state index in [1.54, 1.807) is 6.92 Å². The highest BCUT2D eigenvalue weighted by Crippen LogP contribution is 2.53. The van der Waals surface area contributed by atoms with Crippen LogP contribution in [0, 0.1) is 0 Å². The van der Waals surface area contributed by atoms with E-state index in [-0.39, 0.29) is 61.4 Å². The number of thiazole rings is 1. The largest absolute Gasteiger partial charge is 0.461 e.